The Morgan fingerprint density at radius 2 is 1.68 bits per heavy atom. The van der Waals surface area contributed by atoms with E-state index >= 15 is 0 Å². The van der Waals surface area contributed by atoms with E-state index in [0.29, 0.717) is 36.7 Å². The van der Waals surface area contributed by atoms with E-state index in [0.717, 1.165) is 17.5 Å². The highest BCUT2D eigenvalue weighted by atomic mass is 16.5. The first kappa shape index (κ1) is 19.6. The molecule has 146 valence electrons. The number of aromatic nitrogens is 1. The Morgan fingerprint density at radius 3 is 2.25 bits per heavy atom. The molecule has 0 N–H and O–H groups in total. The molecule has 1 aliphatic heterocycles. The van der Waals surface area contributed by atoms with Crippen molar-refractivity contribution in [1.29, 1.82) is 0 Å². The Balaban J connectivity index is 1.97. The van der Waals surface area contributed by atoms with Crippen LogP contribution in [0.25, 0.3) is 5.57 Å². The van der Waals surface area contributed by atoms with Gasteiger partial charge in [-0.1, -0.05) is 12.1 Å². The molecule has 1 aromatic carbocycles. The molecular weight excluding hydrogens is 354 g/mol. The summed E-state index contributed by atoms with van der Waals surface area (Å²) in [7, 11) is 1.60. The number of rotatable bonds is 8. The number of likely N-dealkylation sites (N-methyl/N-ethyl adjacent to an activating group) is 2. The van der Waals surface area contributed by atoms with Crippen molar-refractivity contribution in [1.82, 2.24) is 14.8 Å². The molecule has 1 aromatic heterocycles. The van der Waals surface area contributed by atoms with Crippen LogP contribution in [0.15, 0.2) is 54.5 Å². The summed E-state index contributed by atoms with van der Waals surface area (Å²) in [4.78, 5) is 33.4. The second-order valence-electron chi connectivity index (χ2n) is 6.49. The molecule has 0 aliphatic carbocycles. The van der Waals surface area contributed by atoms with Gasteiger partial charge < -0.3 is 9.64 Å². The summed E-state index contributed by atoms with van der Waals surface area (Å²) in [5, 5.41) is 0. The molecule has 1 aliphatic rings. The monoisotopic (exact) mass is 379 g/mol. The van der Waals surface area contributed by atoms with Gasteiger partial charge in [-0.25, -0.2) is 0 Å². The Morgan fingerprint density at radius 1 is 1.00 bits per heavy atom. The third kappa shape index (κ3) is 3.76. The van der Waals surface area contributed by atoms with E-state index in [-0.39, 0.29) is 11.8 Å². The molecule has 2 amide bonds. The van der Waals surface area contributed by atoms with Gasteiger partial charge in [-0.05, 0) is 55.7 Å². The number of benzene rings is 1. The number of hydrogen-bond acceptors (Lipinski definition) is 5. The zero-order valence-corrected chi connectivity index (χ0v) is 16.5. The average Bonchev–Trinajstić information content (AvgIpc) is 2.99. The minimum Gasteiger partial charge on any atom is -0.497 e. The Hall–Kier alpha value is -3.15. The molecule has 6 nitrogen and oxygen atoms in total. The zero-order valence-electron chi connectivity index (χ0n) is 16.5. The lowest BCUT2D eigenvalue weighted by Crippen LogP contribution is -2.35. The summed E-state index contributed by atoms with van der Waals surface area (Å²) in [6.07, 6.45) is 4.29. The number of ether oxygens (including phenoxy) is 1. The Bertz CT molecular complexity index is 876. The molecule has 0 radical (unpaired) electrons. The van der Waals surface area contributed by atoms with Crippen molar-refractivity contribution in [2.24, 2.45) is 0 Å². The van der Waals surface area contributed by atoms with E-state index in [2.05, 4.69) is 4.98 Å². The standard InChI is InChI=1S/C22H25N3O3/c1-4-24(15-12-16-10-13-23-14-11-16)20-19(21(26)25(5-2)22(20)27)17-6-8-18(28-3)9-7-17/h6-11,13-14H,4-5,12,15H2,1-3H3. The lowest BCUT2D eigenvalue weighted by molar-refractivity contribution is -0.137. The number of methoxy groups -OCH3 is 1. The van der Waals surface area contributed by atoms with Crippen LogP contribution in [0.2, 0.25) is 0 Å². The average molecular weight is 379 g/mol. The first-order valence-electron chi connectivity index (χ1n) is 9.49. The predicted molar refractivity (Wildman–Crippen MR) is 107 cm³/mol. The van der Waals surface area contributed by atoms with Gasteiger partial charge in [0.15, 0.2) is 0 Å². The van der Waals surface area contributed by atoms with Crippen LogP contribution in [0, 0.1) is 0 Å². The Kier molecular flexibility index (Phi) is 6.09. The maximum absolute atomic E-state index is 13.0. The molecule has 0 saturated heterocycles. The minimum absolute atomic E-state index is 0.227. The molecule has 0 unspecified atom stereocenters. The maximum Gasteiger partial charge on any atom is 0.277 e. The fourth-order valence-corrected chi connectivity index (χ4v) is 3.40. The fourth-order valence-electron chi connectivity index (χ4n) is 3.40. The molecular formula is C22H25N3O3. The molecule has 0 fully saturated rings. The van der Waals surface area contributed by atoms with Crippen LogP contribution in [0.1, 0.15) is 25.0 Å². The van der Waals surface area contributed by atoms with Crippen LogP contribution in [0.3, 0.4) is 0 Å². The van der Waals surface area contributed by atoms with E-state index in [1.165, 1.54) is 4.90 Å². The molecule has 6 heteroatoms. The van der Waals surface area contributed by atoms with E-state index < -0.39 is 0 Å². The normalized spacial score (nSPS) is 14.0. The highest BCUT2D eigenvalue weighted by Gasteiger charge is 2.40. The van der Waals surface area contributed by atoms with Crippen molar-refractivity contribution in [2.45, 2.75) is 20.3 Å². The van der Waals surface area contributed by atoms with E-state index in [9.17, 15) is 9.59 Å². The molecule has 0 bridgehead atoms. The number of pyridine rings is 1. The summed E-state index contributed by atoms with van der Waals surface area (Å²) in [5.41, 5.74) is 2.82. The number of carbonyl (C=O) groups is 2. The second-order valence-corrected chi connectivity index (χ2v) is 6.49. The first-order chi connectivity index (χ1) is 13.6. The third-order valence-corrected chi connectivity index (χ3v) is 4.96. The summed E-state index contributed by atoms with van der Waals surface area (Å²) < 4.78 is 5.21. The fraction of sp³-hybridized carbons (Fsp3) is 0.318. The summed E-state index contributed by atoms with van der Waals surface area (Å²) >= 11 is 0. The van der Waals surface area contributed by atoms with Gasteiger partial charge in [0, 0.05) is 32.0 Å². The van der Waals surface area contributed by atoms with Gasteiger partial charge >= 0.3 is 0 Å². The molecule has 2 heterocycles. The van der Waals surface area contributed by atoms with Crippen LogP contribution >= 0.6 is 0 Å². The lowest BCUT2D eigenvalue weighted by Gasteiger charge is -2.24. The highest BCUT2D eigenvalue weighted by molar-refractivity contribution is 6.35. The summed E-state index contributed by atoms with van der Waals surface area (Å²) in [6, 6.07) is 11.2. The maximum atomic E-state index is 13.0. The van der Waals surface area contributed by atoms with Crippen LogP contribution in [-0.4, -0.2) is 53.3 Å². The highest BCUT2D eigenvalue weighted by Crippen LogP contribution is 2.32. The molecule has 0 saturated carbocycles. The van der Waals surface area contributed by atoms with Crippen LogP contribution in [-0.2, 0) is 16.0 Å². The van der Waals surface area contributed by atoms with E-state index in [1.54, 1.807) is 31.6 Å². The topological polar surface area (TPSA) is 62.7 Å². The van der Waals surface area contributed by atoms with Crippen molar-refractivity contribution in [3.05, 3.63) is 65.6 Å². The van der Waals surface area contributed by atoms with Gasteiger partial charge in [0.2, 0.25) is 0 Å². The molecule has 0 spiro atoms. The van der Waals surface area contributed by atoms with Gasteiger partial charge in [-0.3, -0.25) is 19.5 Å². The molecule has 3 rings (SSSR count). The number of hydrogen-bond donors (Lipinski definition) is 0. The predicted octanol–water partition coefficient (Wildman–Crippen LogP) is 2.75. The van der Waals surface area contributed by atoms with Crippen LogP contribution in [0.5, 0.6) is 5.75 Å². The number of nitrogens with zero attached hydrogens (tertiary/aromatic N) is 3. The largest absolute Gasteiger partial charge is 0.497 e. The van der Waals surface area contributed by atoms with Gasteiger partial charge in [0.25, 0.3) is 11.8 Å². The van der Waals surface area contributed by atoms with Gasteiger partial charge in [0.05, 0.1) is 12.7 Å². The minimum atomic E-state index is -0.241. The summed E-state index contributed by atoms with van der Waals surface area (Å²) in [5.74, 6) is 0.241. The number of carbonyl (C=O) groups excluding carboxylic acids is 2. The van der Waals surface area contributed by atoms with Crippen LogP contribution < -0.4 is 4.74 Å². The quantitative estimate of drug-likeness (QED) is 0.660. The van der Waals surface area contributed by atoms with Gasteiger partial charge in [-0.2, -0.15) is 0 Å². The zero-order chi connectivity index (χ0) is 20.1. The van der Waals surface area contributed by atoms with Gasteiger partial charge in [0.1, 0.15) is 11.4 Å². The Labute approximate surface area is 165 Å². The van der Waals surface area contributed by atoms with Crippen molar-refractivity contribution in [3.8, 4) is 5.75 Å². The second kappa shape index (κ2) is 8.69. The molecule has 0 atom stereocenters. The van der Waals surface area contributed by atoms with Crippen molar-refractivity contribution >= 4 is 17.4 Å². The SMILES string of the molecule is CCN(CCc1ccncc1)C1=C(c2ccc(OC)cc2)C(=O)N(CC)C1=O. The smallest absolute Gasteiger partial charge is 0.277 e. The lowest BCUT2D eigenvalue weighted by atomic mass is 10.0. The molecule has 2 aromatic rings. The van der Waals surface area contributed by atoms with E-state index in [1.807, 2.05) is 43.0 Å². The van der Waals surface area contributed by atoms with E-state index in [4.69, 9.17) is 4.74 Å². The van der Waals surface area contributed by atoms with Crippen molar-refractivity contribution < 1.29 is 14.3 Å². The van der Waals surface area contributed by atoms with Gasteiger partial charge in [-0.15, -0.1) is 0 Å². The van der Waals surface area contributed by atoms with Crippen molar-refractivity contribution in [2.75, 3.05) is 26.7 Å². The summed E-state index contributed by atoms with van der Waals surface area (Å²) in [6.45, 7) is 5.45. The first-order valence-corrected chi connectivity index (χ1v) is 9.49. The third-order valence-electron chi connectivity index (χ3n) is 4.96. The molecule has 28 heavy (non-hydrogen) atoms. The number of amides is 2. The van der Waals surface area contributed by atoms with Crippen molar-refractivity contribution in [3.63, 3.8) is 0 Å². The number of imide groups is 1. The van der Waals surface area contributed by atoms with Crippen LogP contribution in [0.4, 0.5) is 0 Å².